The fourth-order valence-corrected chi connectivity index (χ4v) is 3.03. The van der Waals surface area contributed by atoms with Crippen molar-refractivity contribution in [2.75, 3.05) is 6.61 Å². The van der Waals surface area contributed by atoms with Gasteiger partial charge >= 0.3 is 5.97 Å². The Balaban J connectivity index is 1.87. The van der Waals surface area contributed by atoms with Crippen LogP contribution in [-0.4, -0.2) is 34.2 Å². The zero-order chi connectivity index (χ0) is 18.8. The monoisotopic (exact) mass is 360 g/mol. The van der Waals surface area contributed by atoms with Gasteiger partial charge in [-0.1, -0.05) is 18.2 Å². The summed E-state index contributed by atoms with van der Waals surface area (Å²) in [6, 6.07) is 11.0. The van der Waals surface area contributed by atoms with Crippen LogP contribution in [0.2, 0.25) is 0 Å². The molecule has 2 aromatic heterocycles. The minimum atomic E-state index is -0.444. The van der Waals surface area contributed by atoms with E-state index in [4.69, 9.17) is 4.74 Å². The van der Waals surface area contributed by atoms with Crippen LogP contribution in [-0.2, 0) is 9.53 Å². The second kappa shape index (κ2) is 6.87. The number of ether oxygens (including phenoxy) is 1. The first-order chi connectivity index (χ1) is 13.2. The van der Waals surface area contributed by atoms with Crippen LogP contribution in [0.4, 0.5) is 0 Å². The van der Waals surface area contributed by atoms with E-state index >= 15 is 0 Å². The molecule has 0 atom stereocenters. The van der Waals surface area contributed by atoms with Crippen LogP contribution in [0.15, 0.2) is 59.5 Å². The predicted octanol–water partition coefficient (Wildman–Crippen LogP) is 2.66. The number of nitrogens with zero attached hydrogens (tertiary/aromatic N) is 2. The van der Waals surface area contributed by atoms with Gasteiger partial charge in [-0.3, -0.25) is 9.78 Å². The molecule has 0 unspecified atom stereocenters. The molecule has 7 heteroatoms. The van der Waals surface area contributed by atoms with Gasteiger partial charge in [0.25, 0.3) is 5.91 Å². The molecular formula is C20H16N4O3. The number of H-pyrrole nitrogens is 1. The van der Waals surface area contributed by atoms with E-state index in [0.717, 1.165) is 10.9 Å². The van der Waals surface area contributed by atoms with Crippen LogP contribution in [0.3, 0.4) is 0 Å². The van der Waals surface area contributed by atoms with Crippen LogP contribution < -0.4 is 5.43 Å². The van der Waals surface area contributed by atoms with Crippen molar-refractivity contribution < 1.29 is 14.3 Å². The number of fused-ring (bicyclic) bond motifs is 1. The van der Waals surface area contributed by atoms with E-state index in [2.05, 4.69) is 20.5 Å². The number of pyridine rings is 1. The largest absolute Gasteiger partial charge is 0.462 e. The molecule has 27 heavy (non-hydrogen) atoms. The molecule has 4 rings (SSSR count). The summed E-state index contributed by atoms with van der Waals surface area (Å²) in [5.41, 5.74) is 5.67. The summed E-state index contributed by atoms with van der Waals surface area (Å²) in [5, 5.41) is 4.85. The molecule has 3 heterocycles. The Bertz CT molecular complexity index is 1100. The number of benzene rings is 1. The van der Waals surface area contributed by atoms with Crippen molar-refractivity contribution in [2.24, 2.45) is 5.10 Å². The highest BCUT2D eigenvalue weighted by Gasteiger charge is 2.26. The SMILES string of the molecule is CCOC(=O)c1c(/C=C2\C(=O)NN=C2c2cccnc2)[nH]c2ccccc12. The molecule has 2 N–H and O–H groups in total. The smallest absolute Gasteiger partial charge is 0.340 e. The number of aromatic nitrogens is 2. The first-order valence-electron chi connectivity index (χ1n) is 8.47. The van der Waals surface area contributed by atoms with E-state index in [1.165, 1.54) is 0 Å². The lowest BCUT2D eigenvalue weighted by Gasteiger charge is -2.04. The van der Waals surface area contributed by atoms with Gasteiger partial charge in [-0.25, -0.2) is 10.2 Å². The number of hydrazone groups is 1. The quantitative estimate of drug-likeness (QED) is 0.552. The van der Waals surface area contributed by atoms with E-state index in [1.54, 1.807) is 31.5 Å². The molecule has 0 bridgehead atoms. The van der Waals surface area contributed by atoms with E-state index in [-0.39, 0.29) is 12.5 Å². The molecule has 1 aliphatic rings. The van der Waals surface area contributed by atoms with Crippen molar-refractivity contribution >= 4 is 34.6 Å². The van der Waals surface area contributed by atoms with Gasteiger partial charge in [-0.05, 0) is 31.2 Å². The minimum Gasteiger partial charge on any atom is -0.462 e. The molecule has 0 saturated carbocycles. The number of hydrogen-bond donors (Lipinski definition) is 2. The Morgan fingerprint density at radius 3 is 2.85 bits per heavy atom. The van der Waals surface area contributed by atoms with Crippen molar-refractivity contribution in [3.8, 4) is 0 Å². The average Bonchev–Trinajstić information content (AvgIpc) is 3.23. The van der Waals surface area contributed by atoms with Gasteiger partial charge in [-0.2, -0.15) is 5.10 Å². The van der Waals surface area contributed by atoms with Crippen LogP contribution in [0.5, 0.6) is 0 Å². The molecular weight excluding hydrogens is 344 g/mol. The molecule has 0 radical (unpaired) electrons. The molecule has 0 aliphatic carbocycles. The molecule has 0 fully saturated rings. The summed E-state index contributed by atoms with van der Waals surface area (Å²) >= 11 is 0. The number of carbonyl (C=O) groups excluding carboxylic acids is 2. The summed E-state index contributed by atoms with van der Waals surface area (Å²) in [7, 11) is 0. The van der Waals surface area contributed by atoms with Gasteiger partial charge in [-0.15, -0.1) is 0 Å². The Morgan fingerprint density at radius 2 is 2.07 bits per heavy atom. The standard InChI is InChI=1S/C20H16N4O3/c1-2-27-20(26)17-13-7-3-4-8-15(13)22-16(17)10-14-18(23-24-19(14)25)12-6-5-9-21-11-12/h3-11,22H,2H2,1H3,(H,24,25)/b14-10-. The van der Waals surface area contributed by atoms with Crippen LogP contribution in [0.25, 0.3) is 17.0 Å². The van der Waals surface area contributed by atoms with E-state index in [0.29, 0.717) is 28.1 Å². The van der Waals surface area contributed by atoms with Crippen LogP contribution in [0, 0.1) is 0 Å². The van der Waals surface area contributed by atoms with E-state index in [1.807, 2.05) is 30.3 Å². The van der Waals surface area contributed by atoms with Gasteiger partial charge in [0.2, 0.25) is 0 Å². The van der Waals surface area contributed by atoms with E-state index in [9.17, 15) is 9.59 Å². The molecule has 134 valence electrons. The highest BCUT2D eigenvalue weighted by Crippen LogP contribution is 2.26. The van der Waals surface area contributed by atoms with Gasteiger partial charge < -0.3 is 9.72 Å². The zero-order valence-electron chi connectivity index (χ0n) is 14.5. The summed E-state index contributed by atoms with van der Waals surface area (Å²) < 4.78 is 5.21. The lowest BCUT2D eigenvalue weighted by molar-refractivity contribution is -0.116. The maximum atomic E-state index is 12.5. The number of rotatable bonds is 4. The molecule has 7 nitrogen and oxygen atoms in total. The number of carbonyl (C=O) groups is 2. The normalized spacial score (nSPS) is 15.1. The second-order valence-electron chi connectivity index (χ2n) is 5.88. The number of aromatic amines is 1. The van der Waals surface area contributed by atoms with Gasteiger partial charge in [0.05, 0.1) is 23.4 Å². The van der Waals surface area contributed by atoms with Gasteiger partial charge in [0.1, 0.15) is 5.71 Å². The van der Waals surface area contributed by atoms with Crippen molar-refractivity contribution in [1.82, 2.24) is 15.4 Å². The van der Waals surface area contributed by atoms with Crippen molar-refractivity contribution in [1.29, 1.82) is 0 Å². The second-order valence-corrected chi connectivity index (χ2v) is 5.88. The number of esters is 1. The fraction of sp³-hybridized carbons (Fsp3) is 0.100. The third-order valence-corrected chi connectivity index (χ3v) is 4.21. The molecule has 1 amide bonds. The van der Waals surface area contributed by atoms with Gasteiger partial charge in [0.15, 0.2) is 0 Å². The minimum absolute atomic E-state index is 0.261. The highest BCUT2D eigenvalue weighted by molar-refractivity contribution is 6.33. The fourth-order valence-electron chi connectivity index (χ4n) is 3.03. The topological polar surface area (TPSA) is 96.4 Å². The van der Waals surface area contributed by atoms with Crippen molar-refractivity contribution in [3.05, 3.63) is 71.2 Å². The summed E-state index contributed by atoms with van der Waals surface area (Å²) in [5.74, 6) is -0.789. The highest BCUT2D eigenvalue weighted by atomic mass is 16.5. The van der Waals surface area contributed by atoms with Crippen LogP contribution >= 0.6 is 0 Å². The third-order valence-electron chi connectivity index (χ3n) is 4.21. The van der Waals surface area contributed by atoms with E-state index < -0.39 is 5.97 Å². The summed E-state index contributed by atoms with van der Waals surface area (Å²) in [6.07, 6.45) is 4.90. The third kappa shape index (κ3) is 2.99. The Labute approximate surface area is 154 Å². The average molecular weight is 360 g/mol. The Hall–Kier alpha value is -3.74. The molecule has 1 aromatic carbocycles. The number of hydrogen-bond acceptors (Lipinski definition) is 5. The molecule has 0 saturated heterocycles. The zero-order valence-corrected chi connectivity index (χ0v) is 14.5. The molecule has 3 aromatic rings. The number of nitrogens with one attached hydrogen (secondary N) is 2. The number of para-hydroxylation sites is 1. The molecule has 1 aliphatic heterocycles. The lowest BCUT2D eigenvalue weighted by atomic mass is 10.0. The van der Waals surface area contributed by atoms with Crippen molar-refractivity contribution in [2.45, 2.75) is 6.92 Å². The number of amides is 1. The maximum Gasteiger partial charge on any atom is 0.340 e. The summed E-state index contributed by atoms with van der Waals surface area (Å²) in [6.45, 7) is 2.01. The first-order valence-corrected chi connectivity index (χ1v) is 8.47. The lowest BCUT2D eigenvalue weighted by Crippen LogP contribution is -2.14. The predicted molar refractivity (Wildman–Crippen MR) is 101 cm³/mol. The summed E-state index contributed by atoms with van der Waals surface area (Å²) in [4.78, 5) is 32.1. The van der Waals surface area contributed by atoms with Crippen molar-refractivity contribution in [3.63, 3.8) is 0 Å². The first kappa shape index (κ1) is 16.7. The Morgan fingerprint density at radius 1 is 1.22 bits per heavy atom. The van der Waals surface area contributed by atoms with Crippen LogP contribution in [0.1, 0.15) is 28.5 Å². The van der Waals surface area contributed by atoms with Gasteiger partial charge in [0, 0.05) is 28.9 Å². The maximum absolute atomic E-state index is 12.5. The molecule has 0 spiro atoms. The Kier molecular flexibility index (Phi) is 4.25.